The average molecular weight is 305 g/mol. The summed E-state index contributed by atoms with van der Waals surface area (Å²) in [7, 11) is -3.59. The second-order valence-electron chi connectivity index (χ2n) is 4.63. The minimum atomic E-state index is -3.59. The molecule has 0 radical (unpaired) electrons. The van der Waals surface area contributed by atoms with Crippen molar-refractivity contribution in [3.63, 3.8) is 0 Å². The van der Waals surface area contributed by atoms with E-state index in [0.717, 1.165) is 11.1 Å². The summed E-state index contributed by atoms with van der Waals surface area (Å²) in [6, 6.07) is 12.7. The number of hydrogen-bond donors (Lipinski definition) is 1. The van der Waals surface area contributed by atoms with E-state index in [-0.39, 0.29) is 5.03 Å². The van der Waals surface area contributed by atoms with Crippen molar-refractivity contribution >= 4 is 10.0 Å². The molecule has 0 bridgehead atoms. The SMILES string of the molecule is CCN(Cc1ccccc1)S(=O)(=O)c1ccc(CN)cn1. The zero-order chi connectivity index (χ0) is 15.3. The Morgan fingerprint density at radius 1 is 1.10 bits per heavy atom. The smallest absolute Gasteiger partial charge is 0.260 e. The summed E-state index contributed by atoms with van der Waals surface area (Å²) in [6.45, 7) is 2.88. The molecular weight excluding hydrogens is 286 g/mol. The van der Waals surface area contributed by atoms with E-state index in [0.29, 0.717) is 19.6 Å². The molecule has 0 aliphatic rings. The third kappa shape index (κ3) is 3.66. The fourth-order valence-electron chi connectivity index (χ4n) is 1.97. The van der Waals surface area contributed by atoms with Crippen LogP contribution in [0.4, 0.5) is 0 Å². The van der Waals surface area contributed by atoms with Crippen LogP contribution in [0.15, 0.2) is 53.7 Å². The van der Waals surface area contributed by atoms with E-state index in [1.165, 1.54) is 16.6 Å². The van der Waals surface area contributed by atoms with Gasteiger partial charge in [-0.2, -0.15) is 4.31 Å². The highest BCUT2D eigenvalue weighted by Gasteiger charge is 2.24. The first-order valence-corrected chi connectivity index (χ1v) is 8.21. The number of pyridine rings is 1. The van der Waals surface area contributed by atoms with Crippen molar-refractivity contribution < 1.29 is 8.42 Å². The first-order chi connectivity index (χ1) is 10.1. The molecule has 0 aliphatic heterocycles. The Kier molecular flexibility index (Phi) is 5.06. The molecular formula is C15H19N3O2S. The van der Waals surface area contributed by atoms with Crippen molar-refractivity contribution in [2.45, 2.75) is 25.0 Å². The third-order valence-corrected chi connectivity index (χ3v) is 5.03. The van der Waals surface area contributed by atoms with Gasteiger partial charge in [0.2, 0.25) is 0 Å². The predicted molar refractivity (Wildman–Crippen MR) is 81.8 cm³/mol. The highest BCUT2D eigenvalue weighted by Crippen LogP contribution is 2.16. The number of rotatable bonds is 6. The number of nitrogens with zero attached hydrogens (tertiary/aromatic N) is 2. The molecule has 0 saturated carbocycles. The molecule has 21 heavy (non-hydrogen) atoms. The van der Waals surface area contributed by atoms with Crippen molar-refractivity contribution in [1.29, 1.82) is 0 Å². The quantitative estimate of drug-likeness (QED) is 0.882. The molecule has 0 saturated heterocycles. The molecule has 2 aromatic rings. The summed E-state index contributed by atoms with van der Waals surface area (Å²) in [5.41, 5.74) is 7.25. The topological polar surface area (TPSA) is 76.3 Å². The molecule has 0 fully saturated rings. The van der Waals surface area contributed by atoms with Gasteiger partial charge >= 0.3 is 0 Å². The Bertz CT molecular complexity index is 670. The van der Waals surface area contributed by atoms with Crippen LogP contribution in [0.1, 0.15) is 18.1 Å². The summed E-state index contributed by atoms with van der Waals surface area (Å²) in [5.74, 6) is 0. The van der Waals surface area contributed by atoms with Crippen LogP contribution in [0.5, 0.6) is 0 Å². The molecule has 112 valence electrons. The maximum atomic E-state index is 12.6. The van der Waals surface area contributed by atoms with E-state index in [1.54, 1.807) is 6.07 Å². The number of nitrogens with two attached hydrogens (primary N) is 1. The summed E-state index contributed by atoms with van der Waals surface area (Å²) < 4.78 is 26.6. The summed E-state index contributed by atoms with van der Waals surface area (Å²) in [6.07, 6.45) is 1.50. The molecule has 0 aliphatic carbocycles. The molecule has 0 unspecified atom stereocenters. The van der Waals surface area contributed by atoms with Crippen LogP contribution < -0.4 is 5.73 Å². The normalized spacial score (nSPS) is 11.8. The second kappa shape index (κ2) is 6.80. The molecule has 1 aromatic carbocycles. The predicted octanol–water partition coefficient (Wildman–Crippen LogP) is 1.75. The van der Waals surface area contributed by atoms with E-state index in [9.17, 15) is 8.42 Å². The van der Waals surface area contributed by atoms with Gasteiger partial charge in [0.1, 0.15) is 0 Å². The highest BCUT2D eigenvalue weighted by molar-refractivity contribution is 7.89. The van der Waals surface area contributed by atoms with Crippen LogP contribution in [-0.4, -0.2) is 24.3 Å². The fraction of sp³-hybridized carbons (Fsp3) is 0.267. The van der Waals surface area contributed by atoms with Crippen molar-refractivity contribution in [1.82, 2.24) is 9.29 Å². The van der Waals surface area contributed by atoms with E-state index in [1.807, 2.05) is 37.3 Å². The van der Waals surface area contributed by atoms with Gasteiger partial charge in [-0.25, -0.2) is 13.4 Å². The lowest BCUT2D eigenvalue weighted by molar-refractivity contribution is 0.421. The lowest BCUT2D eigenvalue weighted by atomic mass is 10.2. The molecule has 2 rings (SSSR count). The van der Waals surface area contributed by atoms with Gasteiger partial charge in [0.25, 0.3) is 10.0 Å². The number of benzene rings is 1. The molecule has 0 amide bonds. The van der Waals surface area contributed by atoms with Crippen molar-refractivity contribution in [3.05, 3.63) is 59.8 Å². The highest BCUT2D eigenvalue weighted by atomic mass is 32.2. The van der Waals surface area contributed by atoms with Crippen LogP contribution in [0.3, 0.4) is 0 Å². The van der Waals surface area contributed by atoms with Gasteiger partial charge < -0.3 is 5.73 Å². The Labute approximate surface area is 125 Å². The number of sulfonamides is 1. The molecule has 1 aromatic heterocycles. The molecule has 6 heteroatoms. The van der Waals surface area contributed by atoms with Crippen molar-refractivity contribution in [2.24, 2.45) is 5.73 Å². The van der Waals surface area contributed by atoms with Crippen LogP contribution in [0, 0.1) is 0 Å². The van der Waals surface area contributed by atoms with Gasteiger partial charge in [0, 0.05) is 25.8 Å². The summed E-state index contributed by atoms with van der Waals surface area (Å²) in [5, 5.41) is 0.0532. The zero-order valence-electron chi connectivity index (χ0n) is 11.9. The Balaban J connectivity index is 2.26. The standard InChI is InChI=1S/C15H19N3O2S/c1-2-18(12-13-6-4-3-5-7-13)21(19,20)15-9-8-14(10-16)11-17-15/h3-9,11H,2,10,12,16H2,1H3. The van der Waals surface area contributed by atoms with Crippen LogP contribution >= 0.6 is 0 Å². The van der Waals surface area contributed by atoms with Gasteiger partial charge in [0.05, 0.1) is 0 Å². The Hall–Kier alpha value is -1.76. The molecule has 2 N–H and O–H groups in total. The third-order valence-electron chi connectivity index (χ3n) is 3.19. The van der Waals surface area contributed by atoms with Crippen molar-refractivity contribution in [3.8, 4) is 0 Å². The summed E-state index contributed by atoms with van der Waals surface area (Å²) >= 11 is 0. The van der Waals surface area contributed by atoms with E-state index in [4.69, 9.17) is 5.73 Å². The van der Waals surface area contributed by atoms with Gasteiger partial charge in [-0.3, -0.25) is 0 Å². The fourth-order valence-corrected chi connectivity index (χ4v) is 3.32. The Morgan fingerprint density at radius 3 is 2.33 bits per heavy atom. The first-order valence-electron chi connectivity index (χ1n) is 6.77. The maximum Gasteiger partial charge on any atom is 0.260 e. The minimum absolute atomic E-state index is 0.0532. The average Bonchev–Trinajstić information content (AvgIpc) is 2.53. The largest absolute Gasteiger partial charge is 0.326 e. The first kappa shape index (κ1) is 15.6. The molecule has 0 spiro atoms. The lowest BCUT2D eigenvalue weighted by Crippen LogP contribution is -2.31. The van der Waals surface area contributed by atoms with E-state index >= 15 is 0 Å². The zero-order valence-corrected chi connectivity index (χ0v) is 12.8. The summed E-state index contributed by atoms with van der Waals surface area (Å²) in [4.78, 5) is 4.02. The number of hydrogen-bond acceptors (Lipinski definition) is 4. The van der Waals surface area contributed by atoms with Crippen LogP contribution in [0.25, 0.3) is 0 Å². The molecule has 5 nitrogen and oxygen atoms in total. The minimum Gasteiger partial charge on any atom is -0.326 e. The van der Waals surface area contributed by atoms with Gasteiger partial charge in [-0.05, 0) is 17.2 Å². The lowest BCUT2D eigenvalue weighted by Gasteiger charge is -2.20. The van der Waals surface area contributed by atoms with Gasteiger partial charge in [0.15, 0.2) is 5.03 Å². The number of aromatic nitrogens is 1. The Morgan fingerprint density at radius 2 is 1.81 bits per heavy atom. The monoisotopic (exact) mass is 305 g/mol. The molecule has 1 heterocycles. The van der Waals surface area contributed by atoms with Crippen molar-refractivity contribution in [2.75, 3.05) is 6.54 Å². The maximum absolute atomic E-state index is 12.6. The van der Waals surface area contributed by atoms with E-state index < -0.39 is 10.0 Å². The van der Waals surface area contributed by atoms with Crippen LogP contribution in [0.2, 0.25) is 0 Å². The van der Waals surface area contributed by atoms with Gasteiger partial charge in [-0.15, -0.1) is 0 Å². The van der Waals surface area contributed by atoms with Gasteiger partial charge in [-0.1, -0.05) is 43.3 Å². The molecule has 0 atom stereocenters. The second-order valence-corrected chi connectivity index (χ2v) is 6.51. The van der Waals surface area contributed by atoms with Crippen LogP contribution in [-0.2, 0) is 23.1 Å². The van der Waals surface area contributed by atoms with E-state index in [2.05, 4.69) is 4.98 Å².